The molecule has 0 atom stereocenters. The van der Waals surface area contributed by atoms with Crippen molar-refractivity contribution in [2.75, 3.05) is 39.8 Å². The number of aryl methyl sites for hydroxylation is 2. The number of rotatable bonds is 8. The number of unbranched alkanes of at least 4 members (excludes halogenated alkanes) is 2. The SMILES string of the molecule is CCCCCc1ccc(CCCN2CCN(C)CC2)cc1. The van der Waals surface area contributed by atoms with Crippen molar-refractivity contribution in [3.05, 3.63) is 35.4 Å². The molecule has 2 heteroatoms. The summed E-state index contributed by atoms with van der Waals surface area (Å²) in [5.74, 6) is 0. The Kier molecular flexibility index (Phi) is 7.25. The molecule has 1 aromatic carbocycles. The molecule has 1 saturated heterocycles. The Balaban J connectivity index is 1.64. The van der Waals surface area contributed by atoms with Gasteiger partial charge >= 0.3 is 0 Å². The molecule has 0 amide bonds. The van der Waals surface area contributed by atoms with Crippen LogP contribution in [0.3, 0.4) is 0 Å². The van der Waals surface area contributed by atoms with Crippen molar-refractivity contribution in [3.8, 4) is 0 Å². The predicted octanol–water partition coefficient (Wildman–Crippen LogP) is 3.60. The topological polar surface area (TPSA) is 6.48 Å². The largest absolute Gasteiger partial charge is 0.304 e. The highest BCUT2D eigenvalue weighted by molar-refractivity contribution is 5.22. The van der Waals surface area contributed by atoms with Crippen molar-refractivity contribution in [1.29, 1.82) is 0 Å². The van der Waals surface area contributed by atoms with Crippen LogP contribution in [0.5, 0.6) is 0 Å². The lowest BCUT2D eigenvalue weighted by atomic mass is 10.0. The van der Waals surface area contributed by atoms with Crippen molar-refractivity contribution in [3.63, 3.8) is 0 Å². The molecule has 0 radical (unpaired) electrons. The van der Waals surface area contributed by atoms with Crippen LogP contribution in [-0.2, 0) is 12.8 Å². The van der Waals surface area contributed by atoms with Gasteiger partial charge in [-0.05, 0) is 50.4 Å². The summed E-state index contributed by atoms with van der Waals surface area (Å²) in [7, 11) is 2.22. The van der Waals surface area contributed by atoms with Gasteiger partial charge in [0.15, 0.2) is 0 Å². The molecule has 0 spiro atoms. The quantitative estimate of drug-likeness (QED) is 0.674. The summed E-state index contributed by atoms with van der Waals surface area (Å²) in [6.45, 7) is 8.47. The minimum Gasteiger partial charge on any atom is -0.304 e. The first-order valence-electron chi connectivity index (χ1n) is 8.76. The highest BCUT2D eigenvalue weighted by Crippen LogP contribution is 2.11. The van der Waals surface area contributed by atoms with Crippen LogP contribution in [0, 0.1) is 0 Å². The molecular formula is C19H32N2. The van der Waals surface area contributed by atoms with E-state index in [0.717, 1.165) is 0 Å². The fourth-order valence-corrected chi connectivity index (χ4v) is 3.03. The van der Waals surface area contributed by atoms with Crippen molar-refractivity contribution in [2.24, 2.45) is 0 Å². The second-order valence-electron chi connectivity index (χ2n) is 6.52. The van der Waals surface area contributed by atoms with Crippen LogP contribution in [0.25, 0.3) is 0 Å². The second kappa shape index (κ2) is 9.22. The first kappa shape index (κ1) is 16.5. The summed E-state index contributed by atoms with van der Waals surface area (Å²) in [6, 6.07) is 9.35. The van der Waals surface area contributed by atoms with Gasteiger partial charge in [-0.3, -0.25) is 0 Å². The van der Waals surface area contributed by atoms with Gasteiger partial charge in [0.2, 0.25) is 0 Å². The van der Waals surface area contributed by atoms with E-state index in [0.29, 0.717) is 0 Å². The van der Waals surface area contributed by atoms with E-state index in [1.54, 1.807) is 0 Å². The number of hydrogen-bond donors (Lipinski definition) is 0. The van der Waals surface area contributed by atoms with E-state index in [1.807, 2.05) is 0 Å². The number of nitrogens with zero attached hydrogens (tertiary/aromatic N) is 2. The molecular weight excluding hydrogens is 256 g/mol. The van der Waals surface area contributed by atoms with Crippen LogP contribution < -0.4 is 0 Å². The van der Waals surface area contributed by atoms with Gasteiger partial charge in [-0.15, -0.1) is 0 Å². The molecule has 21 heavy (non-hydrogen) atoms. The van der Waals surface area contributed by atoms with Crippen molar-refractivity contribution >= 4 is 0 Å². The Morgan fingerprint density at radius 2 is 1.38 bits per heavy atom. The van der Waals surface area contributed by atoms with Gasteiger partial charge in [0, 0.05) is 26.2 Å². The first-order chi connectivity index (χ1) is 10.3. The zero-order valence-electron chi connectivity index (χ0n) is 14.0. The molecule has 0 aliphatic carbocycles. The van der Waals surface area contributed by atoms with Gasteiger partial charge in [-0.25, -0.2) is 0 Å². The summed E-state index contributed by atoms with van der Waals surface area (Å²) in [6.07, 6.45) is 7.76. The Hall–Kier alpha value is -0.860. The van der Waals surface area contributed by atoms with Crippen LogP contribution in [-0.4, -0.2) is 49.6 Å². The minimum atomic E-state index is 1.22. The number of piperazine rings is 1. The monoisotopic (exact) mass is 288 g/mol. The zero-order valence-corrected chi connectivity index (χ0v) is 14.0. The average Bonchev–Trinajstić information content (AvgIpc) is 2.51. The standard InChI is InChI=1S/C19H32N2/c1-3-4-5-7-18-9-11-19(12-10-18)8-6-13-21-16-14-20(2)15-17-21/h9-12H,3-8,13-17H2,1-2H3. The Bertz CT molecular complexity index is 377. The van der Waals surface area contributed by atoms with Gasteiger partial charge in [-0.2, -0.15) is 0 Å². The van der Waals surface area contributed by atoms with Gasteiger partial charge in [0.05, 0.1) is 0 Å². The summed E-state index contributed by atoms with van der Waals surface area (Å²) in [5.41, 5.74) is 3.01. The molecule has 1 aliphatic rings. The van der Waals surface area contributed by atoms with Crippen LogP contribution in [0.2, 0.25) is 0 Å². The van der Waals surface area contributed by atoms with Crippen molar-refractivity contribution in [2.45, 2.75) is 45.4 Å². The van der Waals surface area contributed by atoms with Crippen LogP contribution in [0.4, 0.5) is 0 Å². The van der Waals surface area contributed by atoms with Crippen LogP contribution in [0.1, 0.15) is 43.7 Å². The van der Waals surface area contributed by atoms with Gasteiger partial charge in [0.25, 0.3) is 0 Å². The Labute approximate surface area is 131 Å². The molecule has 0 saturated carbocycles. The lowest BCUT2D eigenvalue weighted by Gasteiger charge is -2.32. The Morgan fingerprint density at radius 3 is 1.95 bits per heavy atom. The molecule has 0 bridgehead atoms. The molecule has 2 nitrogen and oxygen atoms in total. The summed E-state index contributed by atoms with van der Waals surface area (Å²) in [4.78, 5) is 5.03. The number of benzene rings is 1. The smallest absolute Gasteiger partial charge is 0.0110 e. The number of hydrogen-bond acceptors (Lipinski definition) is 2. The first-order valence-corrected chi connectivity index (χ1v) is 8.76. The zero-order chi connectivity index (χ0) is 14.9. The maximum absolute atomic E-state index is 2.61. The molecule has 0 aromatic heterocycles. The fraction of sp³-hybridized carbons (Fsp3) is 0.684. The van der Waals surface area contributed by atoms with E-state index in [2.05, 4.69) is 48.0 Å². The van der Waals surface area contributed by atoms with E-state index in [-0.39, 0.29) is 0 Å². The summed E-state index contributed by atoms with van der Waals surface area (Å²) in [5, 5.41) is 0. The third-order valence-corrected chi connectivity index (χ3v) is 4.63. The van der Waals surface area contributed by atoms with E-state index in [9.17, 15) is 0 Å². The normalized spacial score (nSPS) is 17.2. The lowest BCUT2D eigenvalue weighted by Crippen LogP contribution is -2.44. The average molecular weight is 288 g/mol. The van der Waals surface area contributed by atoms with E-state index >= 15 is 0 Å². The van der Waals surface area contributed by atoms with Crippen molar-refractivity contribution < 1.29 is 0 Å². The summed E-state index contributed by atoms with van der Waals surface area (Å²) < 4.78 is 0. The van der Waals surface area contributed by atoms with E-state index in [4.69, 9.17) is 0 Å². The van der Waals surface area contributed by atoms with Crippen LogP contribution in [0.15, 0.2) is 24.3 Å². The maximum atomic E-state index is 2.61. The van der Waals surface area contributed by atoms with Gasteiger partial charge in [-0.1, -0.05) is 44.0 Å². The lowest BCUT2D eigenvalue weighted by molar-refractivity contribution is 0.153. The van der Waals surface area contributed by atoms with E-state index in [1.165, 1.54) is 82.4 Å². The summed E-state index contributed by atoms with van der Waals surface area (Å²) >= 11 is 0. The predicted molar refractivity (Wildman–Crippen MR) is 91.9 cm³/mol. The molecule has 1 heterocycles. The van der Waals surface area contributed by atoms with Crippen LogP contribution >= 0.6 is 0 Å². The third-order valence-electron chi connectivity index (χ3n) is 4.63. The molecule has 1 fully saturated rings. The molecule has 118 valence electrons. The number of likely N-dealkylation sites (N-methyl/N-ethyl adjacent to an activating group) is 1. The maximum Gasteiger partial charge on any atom is 0.0110 e. The van der Waals surface area contributed by atoms with Crippen molar-refractivity contribution in [1.82, 2.24) is 9.80 Å². The van der Waals surface area contributed by atoms with Gasteiger partial charge in [0.1, 0.15) is 0 Å². The molecule has 0 N–H and O–H groups in total. The third kappa shape index (κ3) is 6.19. The minimum absolute atomic E-state index is 1.22. The van der Waals surface area contributed by atoms with E-state index < -0.39 is 0 Å². The molecule has 2 rings (SSSR count). The highest BCUT2D eigenvalue weighted by atomic mass is 15.2. The second-order valence-corrected chi connectivity index (χ2v) is 6.52. The molecule has 0 unspecified atom stereocenters. The molecule has 1 aromatic rings. The highest BCUT2D eigenvalue weighted by Gasteiger charge is 2.12. The molecule has 1 aliphatic heterocycles. The fourth-order valence-electron chi connectivity index (χ4n) is 3.03. The van der Waals surface area contributed by atoms with Gasteiger partial charge < -0.3 is 9.80 Å². The Morgan fingerprint density at radius 1 is 0.810 bits per heavy atom.